The Kier molecular flexibility index (Phi) is 7.59. The van der Waals surface area contributed by atoms with Gasteiger partial charge in [-0.25, -0.2) is 0 Å². The number of carbonyl (C=O) groups is 1. The Morgan fingerprint density at radius 2 is 1.50 bits per heavy atom. The van der Waals surface area contributed by atoms with Crippen LogP contribution in [0.5, 0.6) is 5.75 Å². The standard InChI is InChI=1S/C21H23NO5S/c1-3-26-21(23)19(15-22)14-18-8-6-16(7-9-18)4-5-17-10-12-20(13-11-17)27-28(2,24)25/h6-13,19H,3-5,14H2,1-2H3. The lowest BCUT2D eigenvalue weighted by molar-refractivity contribution is -0.145. The molecule has 0 fully saturated rings. The second kappa shape index (κ2) is 9.90. The van der Waals surface area contributed by atoms with E-state index in [0.717, 1.165) is 35.8 Å². The minimum atomic E-state index is -3.52. The first kappa shape index (κ1) is 21.5. The minimum absolute atomic E-state index is 0.261. The summed E-state index contributed by atoms with van der Waals surface area (Å²) in [5.41, 5.74) is 3.10. The molecular weight excluding hydrogens is 378 g/mol. The highest BCUT2D eigenvalue weighted by molar-refractivity contribution is 7.86. The van der Waals surface area contributed by atoms with Crippen molar-refractivity contribution in [1.82, 2.24) is 0 Å². The van der Waals surface area contributed by atoms with Crippen LogP contribution in [0.2, 0.25) is 0 Å². The number of aryl methyl sites for hydroxylation is 2. The van der Waals surface area contributed by atoms with E-state index < -0.39 is 22.0 Å². The summed E-state index contributed by atoms with van der Waals surface area (Å²) >= 11 is 0. The van der Waals surface area contributed by atoms with E-state index >= 15 is 0 Å². The van der Waals surface area contributed by atoms with Crippen LogP contribution in [0, 0.1) is 17.2 Å². The van der Waals surface area contributed by atoms with Gasteiger partial charge in [-0.15, -0.1) is 0 Å². The Balaban J connectivity index is 1.90. The van der Waals surface area contributed by atoms with Gasteiger partial charge in [-0.1, -0.05) is 36.4 Å². The summed E-state index contributed by atoms with van der Waals surface area (Å²) in [7, 11) is -3.52. The third-order valence-corrected chi connectivity index (χ3v) is 4.56. The second-order valence-corrected chi connectivity index (χ2v) is 7.96. The molecule has 1 unspecified atom stereocenters. The topological polar surface area (TPSA) is 93.5 Å². The van der Waals surface area contributed by atoms with E-state index in [9.17, 15) is 13.2 Å². The maximum absolute atomic E-state index is 11.7. The zero-order valence-corrected chi connectivity index (χ0v) is 16.7. The van der Waals surface area contributed by atoms with Crippen molar-refractivity contribution in [2.45, 2.75) is 26.2 Å². The van der Waals surface area contributed by atoms with Crippen LogP contribution in [-0.4, -0.2) is 27.2 Å². The smallest absolute Gasteiger partial charge is 0.323 e. The van der Waals surface area contributed by atoms with Crippen molar-refractivity contribution in [3.8, 4) is 11.8 Å². The predicted molar refractivity (Wildman–Crippen MR) is 105 cm³/mol. The number of nitriles is 1. The zero-order chi connectivity index (χ0) is 20.6. The van der Waals surface area contributed by atoms with E-state index in [2.05, 4.69) is 0 Å². The molecule has 0 saturated carbocycles. The van der Waals surface area contributed by atoms with Crippen molar-refractivity contribution in [1.29, 1.82) is 5.26 Å². The fraction of sp³-hybridized carbons (Fsp3) is 0.333. The molecule has 2 aromatic rings. The molecule has 2 rings (SSSR count). The molecule has 0 heterocycles. The van der Waals surface area contributed by atoms with E-state index in [1.807, 2.05) is 42.5 Å². The summed E-state index contributed by atoms with van der Waals surface area (Å²) in [4.78, 5) is 11.7. The third kappa shape index (κ3) is 7.05. The van der Waals surface area contributed by atoms with Gasteiger partial charge in [0.05, 0.1) is 18.9 Å². The number of esters is 1. The van der Waals surface area contributed by atoms with Crippen molar-refractivity contribution >= 4 is 16.1 Å². The molecule has 0 radical (unpaired) electrons. The lowest BCUT2D eigenvalue weighted by Crippen LogP contribution is -2.18. The van der Waals surface area contributed by atoms with E-state index in [-0.39, 0.29) is 6.61 Å². The van der Waals surface area contributed by atoms with Crippen molar-refractivity contribution in [2.75, 3.05) is 12.9 Å². The average Bonchev–Trinajstić information content (AvgIpc) is 2.65. The largest absolute Gasteiger partial charge is 0.465 e. The molecule has 0 N–H and O–H groups in total. The van der Waals surface area contributed by atoms with Crippen LogP contribution in [0.25, 0.3) is 0 Å². The number of ether oxygens (including phenoxy) is 1. The molecule has 0 amide bonds. The number of hydrogen-bond donors (Lipinski definition) is 0. The molecule has 7 heteroatoms. The molecule has 0 saturated heterocycles. The normalized spacial score (nSPS) is 12.0. The number of nitrogens with zero attached hydrogens (tertiary/aromatic N) is 1. The molecule has 6 nitrogen and oxygen atoms in total. The fourth-order valence-electron chi connectivity index (χ4n) is 2.68. The fourth-order valence-corrected chi connectivity index (χ4v) is 3.14. The second-order valence-electron chi connectivity index (χ2n) is 6.39. The lowest BCUT2D eigenvalue weighted by atomic mass is 9.98. The monoisotopic (exact) mass is 401 g/mol. The van der Waals surface area contributed by atoms with Crippen molar-refractivity contribution in [3.63, 3.8) is 0 Å². The summed E-state index contributed by atoms with van der Waals surface area (Å²) in [5.74, 6) is -0.986. The Labute approximate surface area is 165 Å². The van der Waals surface area contributed by atoms with Gasteiger partial charge in [0.1, 0.15) is 11.7 Å². The Morgan fingerprint density at radius 1 is 1.00 bits per heavy atom. The van der Waals surface area contributed by atoms with Crippen LogP contribution < -0.4 is 4.18 Å². The minimum Gasteiger partial charge on any atom is -0.465 e. The molecule has 1 atom stereocenters. The molecule has 2 aromatic carbocycles. The highest BCUT2D eigenvalue weighted by Gasteiger charge is 2.19. The first-order chi connectivity index (χ1) is 13.3. The van der Waals surface area contributed by atoms with Gasteiger partial charge < -0.3 is 8.92 Å². The molecular formula is C21H23NO5S. The molecule has 0 aliphatic heterocycles. The molecule has 0 spiro atoms. The van der Waals surface area contributed by atoms with Crippen LogP contribution in [0.15, 0.2) is 48.5 Å². The first-order valence-corrected chi connectivity index (χ1v) is 10.7. The summed E-state index contributed by atoms with van der Waals surface area (Å²) < 4.78 is 32.0. The number of carbonyl (C=O) groups excluding carboxylic acids is 1. The van der Waals surface area contributed by atoms with E-state index in [4.69, 9.17) is 14.2 Å². The van der Waals surface area contributed by atoms with Crippen LogP contribution in [-0.2, 0) is 38.9 Å². The molecule has 28 heavy (non-hydrogen) atoms. The van der Waals surface area contributed by atoms with Crippen LogP contribution >= 0.6 is 0 Å². The van der Waals surface area contributed by atoms with Gasteiger partial charge in [0, 0.05) is 0 Å². The van der Waals surface area contributed by atoms with Gasteiger partial charge in [0.15, 0.2) is 0 Å². The SMILES string of the molecule is CCOC(=O)C(C#N)Cc1ccc(CCc2ccc(OS(C)(=O)=O)cc2)cc1. The van der Waals surface area contributed by atoms with Gasteiger partial charge in [-0.05, 0) is 55.0 Å². The number of benzene rings is 2. The van der Waals surface area contributed by atoms with Gasteiger partial charge in [0.2, 0.25) is 0 Å². The molecule has 0 aliphatic rings. The van der Waals surface area contributed by atoms with Crippen LogP contribution in [0.3, 0.4) is 0 Å². The lowest BCUT2D eigenvalue weighted by Gasteiger charge is -2.09. The Morgan fingerprint density at radius 3 is 1.96 bits per heavy atom. The van der Waals surface area contributed by atoms with E-state index in [0.29, 0.717) is 12.2 Å². The quantitative estimate of drug-likeness (QED) is 0.474. The zero-order valence-electron chi connectivity index (χ0n) is 15.9. The Bertz CT molecular complexity index is 928. The molecule has 0 aliphatic carbocycles. The molecule has 0 bridgehead atoms. The predicted octanol–water partition coefficient (Wildman–Crippen LogP) is 3.06. The summed E-state index contributed by atoms with van der Waals surface area (Å²) in [6.45, 7) is 1.98. The maximum atomic E-state index is 11.7. The van der Waals surface area contributed by atoms with Crippen molar-refractivity contribution in [3.05, 3.63) is 65.2 Å². The molecule has 0 aromatic heterocycles. The summed E-state index contributed by atoms with van der Waals surface area (Å²) in [6.07, 6.45) is 2.95. The highest BCUT2D eigenvalue weighted by atomic mass is 32.2. The number of rotatable bonds is 9. The first-order valence-electron chi connectivity index (χ1n) is 8.93. The highest BCUT2D eigenvalue weighted by Crippen LogP contribution is 2.17. The van der Waals surface area contributed by atoms with Crippen LogP contribution in [0.1, 0.15) is 23.6 Å². The van der Waals surface area contributed by atoms with Gasteiger partial charge >= 0.3 is 16.1 Å². The Hall–Kier alpha value is -2.85. The van der Waals surface area contributed by atoms with Crippen LogP contribution in [0.4, 0.5) is 0 Å². The van der Waals surface area contributed by atoms with Crippen molar-refractivity contribution in [2.24, 2.45) is 5.92 Å². The van der Waals surface area contributed by atoms with E-state index in [1.54, 1.807) is 19.1 Å². The van der Waals surface area contributed by atoms with Gasteiger partial charge in [-0.2, -0.15) is 13.7 Å². The van der Waals surface area contributed by atoms with Gasteiger partial charge in [-0.3, -0.25) is 4.79 Å². The van der Waals surface area contributed by atoms with E-state index in [1.165, 1.54) is 0 Å². The van der Waals surface area contributed by atoms with Gasteiger partial charge in [0.25, 0.3) is 0 Å². The molecule has 148 valence electrons. The average molecular weight is 401 g/mol. The number of hydrogen-bond acceptors (Lipinski definition) is 6. The third-order valence-electron chi connectivity index (χ3n) is 4.06. The summed E-state index contributed by atoms with van der Waals surface area (Å²) in [6, 6.07) is 16.7. The van der Waals surface area contributed by atoms with Crippen molar-refractivity contribution < 1.29 is 22.1 Å². The maximum Gasteiger partial charge on any atom is 0.323 e. The summed E-state index contributed by atoms with van der Waals surface area (Å²) in [5, 5.41) is 9.14.